The van der Waals surface area contributed by atoms with E-state index in [9.17, 15) is 9.18 Å². The SMILES string of the molecule is Cc1nn(-c2ccc(F)cc2)c(C)c1C(=O)N(C)Cc1nc(C)c2ccccc2n1. The standard InChI is InChI=1S/C23H22FN5O/c1-14-19-7-5-6-8-20(19)26-21(25-14)13-28(4)23(30)22-15(2)27-29(16(22)3)18-11-9-17(24)10-12-18/h5-12H,13H2,1-4H3. The molecule has 0 unspecified atom stereocenters. The first-order valence-corrected chi connectivity index (χ1v) is 9.65. The van der Waals surface area contributed by atoms with Gasteiger partial charge >= 0.3 is 0 Å². The average molecular weight is 403 g/mol. The van der Waals surface area contributed by atoms with Crippen LogP contribution in [-0.2, 0) is 6.54 Å². The highest BCUT2D eigenvalue weighted by molar-refractivity contribution is 5.96. The van der Waals surface area contributed by atoms with E-state index in [-0.39, 0.29) is 18.3 Å². The van der Waals surface area contributed by atoms with Crippen molar-refractivity contribution in [2.45, 2.75) is 27.3 Å². The van der Waals surface area contributed by atoms with Crippen LogP contribution in [0, 0.1) is 26.6 Å². The van der Waals surface area contributed by atoms with E-state index >= 15 is 0 Å². The van der Waals surface area contributed by atoms with E-state index in [0.29, 0.717) is 28.5 Å². The van der Waals surface area contributed by atoms with Gasteiger partial charge in [-0.2, -0.15) is 5.10 Å². The highest BCUT2D eigenvalue weighted by atomic mass is 19.1. The van der Waals surface area contributed by atoms with Crippen LogP contribution in [0.4, 0.5) is 4.39 Å². The van der Waals surface area contributed by atoms with Gasteiger partial charge in [0.15, 0.2) is 0 Å². The zero-order valence-electron chi connectivity index (χ0n) is 17.3. The Morgan fingerprint density at radius 3 is 2.43 bits per heavy atom. The van der Waals surface area contributed by atoms with Gasteiger partial charge in [-0.1, -0.05) is 18.2 Å². The number of hydrogen-bond donors (Lipinski definition) is 0. The quantitative estimate of drug-likeness (QED) is 0.513. The highest BCUT2D eigenvalue weighted by Crippen LogP contribution is 2.21. The molecular formula is C23H22FN5O. The summed E-state index contributed by atoms with van der Waals surface area (Å²) in [6.45, 7) is 5.85. The summed E-state index contributed by atoms with van der Waals surface area (Å²) in [5.41, 5.74) is 4.28. The average Bonchev–Trinajstić information content (AvgIpc) is 3.02. The van der Waals surface area contributed by atoms with Crippen molar-refractivity contribution >= 4 is 16.8 Å². The number of para-hydroxylation sites is 1. The van der Waals surface area contributed by atoms with Crippen LogP contribution in [0.1, 0.15) is 33.3 Å². The lowest BCUT2D eigenvalue weighted by atomic mass is 10.1. The second-order valence-electron chi connectivity index (χ2n) is 7.34. The summed E-state index contributed by atoms with van der Waals surface area (Å²) in [4.78, 5) is 23.9. The third kappa shape index (κ3) is 3.54. The molecule has 0 fully saturated rings. The Morgan fingerprint density at radius 2 is 1.70 bits per heavy atom. The van der Waals surface area contributed by atoms with Crippen LogP contribution in [0.5, 0.6) is 0 Å². The Hall–Kier alpha value is -3.61. The molecule has 0 saturated heterocycles. The molecule has 0 aliphatic heterocycles. The first-order chi connectivity index (χ1) is 14.3. The maximum atomic E-state index is 13.3. The smallest absolute Gasteiger partial charge is 0.257 e. The van der Waals surface area contributed by atoms with Crippen molar-refractivity contribution in [3.63, 3.8) is 0 Å². The van der Waals surface area contributed by atoms with Crippen molar-refractivity contribution in [1.29, 1.82) is 0 Å². The monoisotopic (exact) mass is 403 g/mol. The van der Waals surface area contributed by atoms with E-state index in [4.69, 9.17) is 0 Å². The van der Waals surface area contributed by atoms with E-state index in [1.54, 1.807) is 35.7 Å². The van der Waals surface area contributed by atoms with Crippen LogP contribution in [0.2, 0.25) is 0 Å². The molecule has 30 heavy (non-hydrogen) atoms. The van der Waals surface area contributed by atoms with Crippen molar-refractivity contribution in [3.05, 3.63) is 82.8 Å². The number of halogens is 1. The van der Waals surface area contributed by atoms with Gasteiger partial charge in [-0.25, -0.2) is 19.0 Å². The minimum Gasteiger partial charge on any atom is -0.334 e. The molecule has 0 aliphatic rings. The Kier molecular flexibility index (Phi) is 5.03. The van der Waals surface area contributed by atoms with E-state index in [0.717, 1.165) is 16.6 Å². The minimum atomic E-state index is -0.318. The number of aromatic nitrogens is 4. The van der Waals surface area contributed by atoms with Gasteiger partial charge in [-0.15, -0.1) is 0 Å². The highest BCUT2D eigenvalue weighted by Gasteiger charge is 2.23. The minimum absolute atomic E-state index is 0.159. The van der Waals surface area contributed by atoms with E-state index in [1.165, 1.54) is 12.1 Å². The number of amides is 1. The molecule has 4 rings (SSSR count). The fourth-order valence-electron chi connectivity index (χ4n) is 3.63. The van der Waals surface area contributed by atoms with Crippen LogP contribution < -0.4 is 0 Å². The fraction of sp³-hybridized carbons (Fsp3) is 0.217. The Labute approximate surface area is 174 Å². The second-order valence-corrected chi connectivity index (χ2v) is 7.34. The zero-order valence-corrected chi connectivity index (χ0v) is 17.3. The van der Waals surface area contributed by atoms with Crippen LogP contribution >= 0.6 is 0 Å². The Balaban J connectivity index is 1.62. The second kappa shape index (κ2) is 7.67. The van der Waals surface area contributed by atoms with Gasteiger partial charge in [0, 0.05) is 18.1 Å². The maximum Gasteiger partial charge on any atom is 0.257 e. The van der Waals surface area contributed by atoms with Gasteiger partial charge < -0.3 is 4.90 Å². The third-order valence-corrected chi connectivity index (χ3v) is 5.14. The molecule has 2 aromatic heterocycles. The fourth-order valence-corrected chi connectivity index (χ4v) is 3.63. The third-order valence-electron chi connectivity index (χ3n) is 5.14. The number of fused-ring (bicyclic) bond motifs is 1. The van der Waals surface area contributed by atoms with Gasteiger partial charge in [0.25, 0.3) is 5.91 Å². The summed E-state index contributed by atoms with van der Waals surface area (Å²) in [6, 6.07) is 13.8. The molecular weight excluding hydrogens is 381 g/mol. The van der Waals surface area contributed by atoms with Gasteiger partial charge in [0.2, 0.25) is 0 Å². The van der Waals surface area contributed by atoms with Crippen molar-refractivity contribution < 1.29 is 9.18 Å². The lowest BCUT2D eigenvalue weighted by molar-refractivity contribution is 0.0780. The summed E-state index contributed by atoms with van der Waals surface area (Å²) < 4.78 is 14.9. The first-order valence-electron chi connectivity index (χ1n) is 9.65. The van der Waals surface area contributed by atoms with Gasteiger partial charge in [0.1, 0.15) is 11.6 Å². The lowest BCUT2D eigenvalue weighted by Gasteiger charge is -2.17. The summed E-state index contributed by atoms with van der Waals surface area (Å²) in [5, 5.41) is 5.49. The largest absolute Gasteiger partial charge is 0.334 e. The molecule has 6 nitrogen and oxygen atoms in total. The van der Waals surface area contributed by atoms with E-state index < -0.39 is 0 Å². The van der Waals surface area contributed by atoms with Crippen LogP contribution in [-0.4, -0.2) is 37.6 Å². The number of rotatable bonds is 4. The summed E-state index contributed by atoms with van der Waals surface area (Å²) in [6.07, 6.45) is 0. The van der Waals surface area contributed by atoms with Crippen LogP contribution in [0.25, 0.3) is 16.6 Å². The molecule has 0 spiro atoms. The number of benzene rings is 2. The lowest BCUT2D eigenvalue weighted by Crippen LogP contribution is -2.28. The number of aryl methyl sites for hydroxylation is 2. The molecule has 0 N–H and O–H groups in total. The molecule has 2 aromatic carbocycles. The van der Waals surface area contributed by atoms with Crippen molar-refractivity contribution in [3.8, 4) is 5.69 Å². The number of nitrogens with zero attached hydrogens (tertiary/aromatic N) is 5. The number of carbonyl (C=O) groups excluding carboxylic acids is 1. The maximum absolute atomic E-state index is 13.3. The van der Waals surface area contributed by atoms with Crippen molar-refractivity contribution in [2.75, 3.05) is 7.05 Å². The first kappa shape index (κ1) is 19.7. The Bertz CT molecular complexity index is 1250. The molecule has 0 atom stereocenters. The van der Waals surface area contributed by atoms with Gasteiger partial charge in [0.05, 0.1) is 34.7 Å². The Morgan fingerprint density at radius 1 is 1.00 bits per heavy atom. The molecule has 2 heterocycles. The normalized spacial score (nSPS) is 11.1. The summed E-state index contributed by atoms with van der Waals surface area (Å²) >= 11 is 0. The summed E-state index contributed by atoms with van der Waals surface area (Å²) in [7, 11) is 1.73. The molecule has 1 amide bonds. The number of carbonyl (C=O) groups is 1. The molecule has 152 valence electrons. The topological polar surface area (TPSA) is 63.9 Å². The number of hydrogen-bond acceptors (Lipinski definition) is 4. The molecule has 4 aromatic rings. The van der Waals surface area contributed by atoms with Crippen molar-refractivity contribution in [2.24, 2.45) is 0 Å². The zero-order chi connectivity index (χ0) is 21.4. The van der Waals surface area contributed by atoms with Crippen LogP contribution in [0.3, 0.4) is 0 Å². The van der Waals surface area contributed by atoms with E-state index in [1.807, 2.05) is 38.1 Å². The molecule has 7 heteroatoms. The van der Waals surface area contributed by atoms with Gasteiger partial charge in [-0.3, -0.25) is 4.79 Å². The predicted octanol–water partition coefficient (Wildman–Crippen LogP) is 4.15. The predicted molar refractivity (Wildman–Crippen MR) is 113 cm³/mol. The molecule has 0 radical (unpaired) electrons. The van der Waals surface area contributed by atoms with E-state index in [2.05, 4.69) is 15.1 Å². The summed E-state index contributed by atoms with van der Waals surface area (Å²) in [5.74, 6) is 0.109. The van der Waals surface area contributed by atoms with Crippen molar-refractivity contribution in [1.82, 2.24) is 24.6 Å². The molecule has 0 saturated carbocycles. The molecule has 0 bridgehead atoms. The van der Waals surface area contributed by atoms with Crippen LogP contribution in [0.15, 0.2) is 48.5 Å². The molecule has 0 aliphatic carbocycles. The van der Waals surface area contributed by atoms with Gasteiger partial charge in [-0.05, 0) is 51.1 Å².